The third-order valence-corrected chi connectivity index (χ3v) is 3.95. The number of piperidine rings is 1. The van der Waals surface area contributed by atoms with E-state index in [0.717, 1.165) is 0 Å². The number of nitrogens with zero attached hydrogens (tertiary/aromatic N) is 1. The van der Waals surface area contributed by atoms with E-state index < -0.39 is 17.9 Å². The normalized spacial score (nSPS) is 25.6. The summed E-state index contributed by atoms with van der Waals surface area (Å²) in [6.45, 7) is 0.365. The molecule has 0 aliphatic carbocycles. The monoisotopic (exact) mass is 295 g/mol. The van der Waals surface area contributed by atoms with Gasteiger partial charge in [-0.25, -0.2) is 4.39 Å². The molecule has 1 aromatic carbocycles. The first-order valence-electron chi connectivity index (χ1n) is 6.01. The van der Waals surface area contributed by atoms with Crippen LogP contribution in [0.3, 0.4) is 0 Å². The van der Waals surface area contributed by atoms with Gasteiger partial charge in [0.2, 0.25) is 0 Å². The van der Waals surface area contributed by atoms with Crippen LogP contribution in [0.15, 0.2) is 18.2 Å². The highest BCUT2D eigenvalue weighted by Crippen LogP contribution is 2.41. The van der Waals surface area contributed by atoms with Gasteiger partial charge in [0, 0.05) is 6.04 Å². The Bertz CT molecular complexity index is 460. The lowest BCUT2D eigenvalue weighted by atomic mass is 9.87. The second kappa shape index (κ2) is 5.29. The standard InChI is InChI=1S/C13H14ClF4N/c1-19-5-4-9(13(16,17)18)7-12(19)8-2-3-11(15)10(14)6-8/h2-3,6,9,12H,4-5,7H2,1H3/t9-,12+/m1/s1. The fourth-order valence-corrected chi connectivity index (χ4v) is 2.68. The van der Waals surface area contributed by atoms with Gasteiger partial charge in [0.15, 0.2) is 0 Å². The number of benzene rings is 1. The van der Waals surface area contributed by atoms with Crippen LogP contribution in [0.4, 0.5) is 17.6 Å². The molecule has 6 heteroatoms. The van der Waals surface area contributed by atoms with Gasteiger partial charge in [-0.3, -0.25) is 4.90 Å². The van der Waals surface area contributed by atoms with Crippen LogP contribution in [0.1, 0.15) is 24.4 Å². The lowest BCUT2D eigenvalue weighted by Crippen LogP contribution is -2.39. The molecule has 1 nitrogen and oxygen atoms in total. The summed E-state index contributed by atoms with van der Waals surface area (Å²) >= 11 is 5.69. The minimum atomic E-state index is -4.18. The maximum Gasteiger partial charge on any atom is 0.391 e. The van der Waals surface area contributed by atoms with Gasteiger partial charge in [-0.1, -0.05) is 17.7 Å². The molecule has 2 rings (SSSR count). The summed E-state index contributed by atoms with van der Waals surface area (Å²) in [4.78, 5) is 1.85. The van der Waals surface area contributed by atoms with Crippen LogP contribution in [0.25, 0.3) is 0 Å². The van der Waals surface area contributed by atoms with Gasteiger partial charge in [-0.15, -0.1) is 0 Å². The zero-order valence-corrected chi connectivity index (χ0v) is 11.1. The van der Waals surface area contributed by atoms with E-state index in [1.807, 2.05) is 4.90 Å². The summed E-state index contributed by atoms with van der Waals surface area (Å²) in [5, 5.41) is -0.0555. The number of rotatable bonds is 1. The molecule has 19 heavy (non-hydrogen) atoms. The van der Waals surface area contributed by atoms with Crippen molar-refractivity contribution in [2.45, 2.75) is 25.1 Å². The second-order valence-corrected chi connectivity index (χ2v) is 5.34. The summed E-state index contributed by atoms with van der Waals surface area (Å²) in [6, 6.07) is 3.74. The molecule has 2 atom stereocenters. The predicted octanol–water partition coefficient (Wildman–Crippen LogP) is 4.42. The van der Waals surface area contributed by atoms with Crippen molar-refractivity contribution < 1.29 is 17.6 Å². The highest BCUT2D eigenvalue weighted by atomic mass is 35.5. The van der Waals surface area contributed by atoms with Crippen LogP contribution < -0.4 is 0 Å². The summed E-state index contributed by atoms with van der Waals surface area (Å²) in [6.07, 6.45) is -4.09. The molecule has 106 valence electrons. The smallest absolute Gasteiger partial charge is 0.299 e. The third-order valence-electron chi connectivity index (χ3n) is 3.66. The Hall–Kier alpha value is -0.810. The molecule has 0 unspecified atom stereocenters. The Kier molecular flexibility index (Phi) is 4.06. The van der Waals surface area contributed by atoms with E-state index in [2.05, 4.69) is 0 Å². The van der Waals surface area contributed by atoms with Crippen molar-refractivity contribution in [1.82, 2.24) is 4.90 Å². The topological polar surface area (TPSA) is 3.24 Å². The lowest BCUT2D eigenvalue weighted by molar-refractivity contribution is -0.189. The molecule has 1 fully saturated rings. The molecule has 0 spiro atoms. The third kappa shape index (κ3) is 3.20. The van der Waals surface area contributed by atoms with Gasteiger partial charge in [0.1, 0.15) is 5.82 Å². The molecule has 0 amide bonds. The van der Waals surface area contributed by atoms with Crippen molar-refractivity contribution in [3.05, 3.63) is 34.6 Å². The van der Waals surface area contributed by atoms with Crippen molar-refractivity contribution in [3.8, 4) is 0 Å². The van der Waals surface area contributed by atoms with Crippen molar-refractivity contribution in [2.24, 2.45) is 5.92 Å². The second-order valence-electron chi connectivity index (χ2n) is 4.93. The first-order chi connectivity index (χ1) is 8.79. The van der Waals surface area contributed by atoms with Gasteiger partial charge in [0.05, 0.1) is 10.9 Å². The first-order valence-corrected chi connectivity index (χ1v) is 6.38. The van der Waals surface area contributed by atoms with E-state index in [-0.39, 0.29) is 23.9 Å². The number of halogens is 5. The highest BCUT2D eigenvalue weighted by Gasteiger charge is 2.43. The van der Waals surface area contributed by atoms with Crippen molar-refractivity contribution in [3.63, 3.8) is 0 Å². The SMILES string of the molecule is CN1CC[C@@H](C(F)(F)F)C[C@H]1c1ccc(F)c(Cl)c1. The molecule has 0 N–H and O–H groups in total. The number of hydrogen-bond acceptors (Lipinski definition) is 1. The highest BCUT2D eigenvalue weighted by molar-refractivity contribution is 6.30. The van der Waals surface area contributed by atoms with E-state index in [4.69, 9.17) is 11.6 Å². The average molecular weight is 296 g/mol. The zero-order valence-electron chi connectivity index (χ0n) is 10.3. The lowest BCUT2D eigenvalue weighted by Gasteiger charge is -2.38. The largest absolute Gasteiger partial charge is 0.391 e. The molecule has 0 saturated carbocycles. The van der Waals surface area contributed by atoms with Crippen molar-refractivity contribution in [1.29, 1.82) is 0 Å². The Morgan fingerprint density at radius 2 is 2.00 bits per heavy atom. The van der Waals surface area contributed by atoms with Crippen molar-refractivity contribution in [2.75, 3.05) is 13.6 Å². The minimum absolute atomic E-state index is 0.0119. The Balaban J connectivity index is 2.23. The fraction of sp³-hybridized carbons (Fsp3) is 0.538. The molecule has 0 bridgehead atoms. The van der Waals surface area contributed by atoms with Crippen molar-refractivity contribution >= 4 is 11.6 Å². The first kappa shape index (κ1) is 14.6. The van der Waals surface area contributed by atoms with Crippen LogP contribution in [0.2, 0.25) is 5.02 Å². The number of likely N-dealkylation sites (tertiary alicyclic amines) is 1. The number of hydrogen-bond donors (Lipinski definition) is 0. The van der Waals surface area contributed by atoms with E-state index >= 15 is 0 Å². The quantitative estimate of drug-likeness (QED) is 0.693. The van der Waals surface area contributed by atoms with Gasteiger partial charge >= 0.3 is 6.18 Å². The van der Waals surface area contributed by atoms with E-state index in [1.165, 1.54) is 18.2 Å². The molecule has 1 saturated heterocycles. The zero-order chi connectivity index (χ0) is 14.2. The molecular formula is C13H14ClF4N. The van der Waals surface area contributed by atoms with Gasteiger partial charge in [-0.05, 0) is 44.1 Å². The Morgan fingerprint density at radius 3 is 2.58 bits per heavy atom. The van der Waals surface area contributed by atoms with Gasteiger partial charge < -0.3 is 0 Å². The van der Waals surface area contributed by atoms with Crippen LogP contribution >= 0.6 is 11.6 Å². The molecule has 1 heterocycles. The van der Waals surface area contributed by atoms with Crippen LogP contribution in [0, 0.1) is 11.7 Å². The molecule has 1 aromatic rings. The maximum absolute atomic E-state index is 13.1. The molecule has 0 aromatic heterocycles. The van der Waals surface area contributed by atoms with Crippen LogP contribution in [-0.4, -0.2) is 24.7 Å². The predicted molar refractivity (Wildman–Crippen MR) is 65.6 cm³/mol. The van der Waals surface area contributed by atoms with Crippen LogP contribution in [0.5, 0.6) is 0 Å². The average Bonchev–Trinajstić information content (AvgIpc) is 2.32. The summed E-state index contributed by atoms with van der Waals surface area (Å²) in [5.74, 6) is -1.87. The molecule has 0 radical (unpaired) electrons. The summed E-state index contributed by atoms with van der Waals surface area (Å²) < 4.78 is 51.5. The summed E-state index contributed by atoms with van der Waals surface area (Å²) in [7, 11) is 1.77. The van der Waals surface area contributed by atoms with E-state index in [9.17, 15) is 17.6 Å². The maximum atomic E-state index is 13.1. The molecule has 1 aliphatic heterocycles. The Labute approximate surface area is 114 Å². The minimum Gasteiger partial charge on any atom is -0.299 e. The van der Waals surface area contributed by atoms with E-state index in [0.29, 0.717) is 12.1 Å². The van der Waals surface area contributed by atoms with Crippen LogP contribution in [-0.2, 0) is 0 Å². The van der Waals surface area contributed by atoms with Gasteiger partial charge in [0.25, 0.3) is 0 Å². The molecular weight excluding hydrogens is 282 g/mol. The summed E-state index contributed by atoms with van der Waals surface area (Å²) in [5.41, 5.74) is 0.628. The van der Waals surface area contributed by atoms with E-state index in [1.54, 1.807) is 7.05 Å². The molecule has 1 aliphatic rings. The fourth-order valence-electron chi connectivity index (χ4n) is 2.49. The van der Waals surface area contributed by atoms with Gasteiger partial charge in [-0.2, -0.15) is 13.2 Å². The number of alkyl halides is 3. The Morgan fingerprint density at radius 1 is 1.32 bits per heavy atom.